The summed E-state index contributed by atoms with van der Waals surface area (Å²) in [6.07, 6.45) is 5.76. The summed E-state index contributed by atoms with van der Waals surface area (Å²) in [7, 11) is 0. The SMILES string of the molecule is O=C(C(=C(Cc1ccccc1)C1CCN(Cc2ccccc2)CC1)c1cccs1)C(=C(Cc1ccccc1)C1CCN(Cc2ccccc2)CC1)c1cccs1. The molecular formula is C51H52N2OS2. The van der Waals surface area contributed by atoms with E-state index in [-0.39, 0.29) is 5.78 Å². The van der Waals surface area contributed by atoms with Gasteiger partial charge in [0.25, 0.3) is 0 Å². The van der Waals surface area contributed by atoms with E-state index in [1.165, 1.54) is 33.4 Å². The number of piperidine rings is 2. The maximum Gasteiger partial charge on any atom is 0.195 e. The molecule has 0 unspecified atom stereocenters. The van der Waals surface area contributed by atoms with Crippen LogP contribution in [-0.4, -0.2) is 41.8 Å². The Bertz CT molecular complexity index is 2000. The molecule has 0 bridgehead atoms. The second-order valence-electron chi connectivity index (χ2n) is 15.5. The molecule has 0 aliphatic carbocycles. The first-order valence-electron chi connectivity index (χ1n) is 20.4. The molecule has 8 rings (SSSR count). The molecule has 0 radical (unpaired) electrons. The number of thiophene rings is 2. The fourth-order valence-corrected chi connectivity index (χ4v) is 10.5. The first-order valence-corrected chi connectivity index (χ1v) is 22.1. The Hall–Kier alpha value is -4.65. The second kappa shape index (κ2) is 19.0. The number of Topliss-reactive ketones (excluding diaryl/α,β-unsaturated/α-hetero) is 1. The van der Waals surface area contributed by atoms with Crippen LogP contribution in [0.15, 0.2) is 167 Å². The average molecular weight is 773 g/mol. The van der Waals surface area contributed by atoms with E-state index in [9.17, 15) is 0 Å². The monoisotopic (exact) mass is 772 g/mol. The first-order chi connectivity index (χ1) is 27.7. The maximum absolute atomic E-state index is 16.1. The van der Waals surface area contributed by atoms with Crippen molar-refractivity contribution in [1.29, 1.82) is 0 Å². The summed E-state index contributed by atoms with van der Waals surface area (Å²) in [6.45, 7) is 6.05. The van der Waals surface area contributed by atoms with Gasteiger partial charge in [-0.15, -0.1) is 22.7 Å². The van der Waals surface area contributed by atoms with Gasteiger partial charge >= 0.3 is 0 Å². The van der Waals surface area contributed by atoms with Gasteiger partial charge in [-0.2, -0.15) is 0 Å². The Labute approximate surface area is 341 Å². The van der Waals surface area contributed by atoms with Gasteiger partial charge in [-0.1, -0.05) is 145 Å². The largest absolute Gasteiger partial charge is 0.299 e. The fraction of sp³-hybridized carbons (Fsp3) is 0.275. The lowest BCUT2D eigenvalue weighted by Gasteiger charge is -2.35. The van der Waals surface area contributed by atoms with E-state index in [0.29, 0.717) is 11.8 Å². The van der Waals surface area contributed by atoms with Gasteiger partial charge in [0.15, 0.2) is 5.78 Å². The average Bonchev–Trinajstić information content (AvgIpc) is 3.99. The van der Waals surface area contributed by atoms with E-state index in [4.69, 9.17) is 0 Å². The van der Waals surface area contributed by atoms with Crippen molar-refractivity contribution < 1.29 is 4.79 Å². The van der Waals surface area contributed by atoms with Crippen molar-refractivity contribution in [1.82, 2.24) is 9.80 Å². The maximum atomic E-state index is 16.1. The van der Waals surface area contributed by atoms with E-state index in [1.54, 1.807) is 22.7 Å². The number of likely N-dealkylation sites (tertiary alicyclic amines) is 2. The molecule has 4 aromatic carbocycles. The molecule has 0 atom stereocenters. The fourth-order valence-electron chi connectivity index (χ4n) is 8.87. The van der Waals surface area contributed by atoms with E-state index in [2.05, 4.69) is 166 Å². The van der Waals surface area contributed by atoms with Crippen LogP contribution < -0.4 is 0 Å². The van der Waals surface area contributed by atoms with Gasteiger partial charge in [0.2, 0.25) is 0 Å². The van der Waals surface area contributed by atoms with E-state index >= 15 is 4.79 Å². The summed E-state index contributed by atoms with van der Waals surface area (Å²) in [6, 6.07) is 52.0. The second-order valence-corrected chi connectivity index (χ2v) is 17.4. The Morgan fingerprint density at radius 3 is 1.11 bits per heavy atom. The summed E-state index contributed by atoms with van der Waals surface area (Å²) >= 11 is 3.43. The molecule has 0 spiro atoms. The third-order valence-corrected chi connectivity index (χ3v) is 13.5. The minimum Gasteiger partial charge on any atom is -0.299 e. The first kappa shape index (κ1) is 38.2. The zero-order valence-corrected chi connectivity index (χ0v) is 33.9. The third kappa shape index (κ3) is 9.65. The number of carbonyl (C=O) groups excluding carboxylic acids is 1. The Kier molecular flexibility index (Phi) is 13.0. The number of hydrogen-bond donors (Lipinski definition) is 0. The van der Waals surface area contributed by atoms with Crippen LogP contribution in [0.5, 0.6) is 0 Å². The lowest BCUT2D eigenvalue weighted by Crippen LogP contribution is -2.35. The number of rotatable bonds is 14. The number of ketones is 1. The predicted octanol–water partition coefficient (Wildman–Crippen LogP) is 11.9. The number of carbonyl (C=O) groups is 1. The summed E-state index contributed by atoms with van der Waals surface area (Å²) in [5, 5.41) is 4.29. The molecule has 2 saturated heterocycles. The van der Waals surface area contributed by atoms with E-state index in [1.807, 2.05) is 0 Å². The minimum atomic E-state index is 0.213. The third-order valence-electron chi connectivity index (χ3n) is 11.8. The zero-order valence-electron chi connectivity index (χ0n) is 32.3. The molecule has 6 aromatic rings. The molecule has 5 heteroatoms. The molecule has 284 valence electrons. The van der Waals surface area contributed by atoms with Crippen molar-refractivity contribution in [3.63, 3.8) is 0 Å². The number of nitrogens with zero attached hydrogens (tertiary/aromatic N) is 2. The molecule has 2 aliphatic rings. The lowest BCUT2D eigenvalue weighted by molar-refractivity contribution is -0.108. The molecule has 0 amide bonds. The standard InChI is InChI=1S/C51H52N2OS2/c54-51(49(47-23-13-33-55-47)45(35-39-15-5-1-6-16-39)43-25-29-52(30-26-43)37-41-19-9-3-10-20-41)50(48-24-14-34-56-48)46(36-40-17-7-2-8-18-40)44-27-31-53(32-28-44)38-42-21-11-4-12-22-42/h1-24,33-34,43-44H,25-32,35-38H2. The van der Waals surface area contributed by atoms with Crippen molar-refractivity contribution in [2.24, 2.45) is 11.8 Å². The quantitative estimate of drug-likeness (QED) is 0.103. The van der Waals surface area contributed by atoms with Crippen molar-refractivity contribution in [2.75, 3.05) is 26.2 Å². The van der Waals surface area contributed by atoms with Gasteiger partial charge in [-0.05, 0) is 122 Å². The molecular weight excluding hydrogens is 721 g/mol. The normalized spacial score (nSPS) is 17.0. The highest BCUT2D eigenvalue weighted by atomic mass is 32.1. The van der Waals surface area contributed by atoms with Crippen LogP contribution >= 0.6 is 22.7 Å². The zero-order chi connectivity index (χ0) is 37.9. The molecule has 56 heavy (non-hydrogen) atoms. The van der Waals surface area contributed by atoms with Crippen LogP contribution in [0.4, 0.5) is 0 Å². The highest BCUT2D eigenvalue weighted by Crippen LogP contribution is 2.42. The minimum absolute atomic E-state index is 0.213. The number of allylic oxidation sites excluding steroid dienone is 4. The van der Waals surface area contributed by atoms with Crippen LogP contribution in [0.1, 0.15) is 57.7 Å². The number of hydrogen-bond acceptors (Lipinski definition) is 5. The van der Waals surface area contributed by atoms with Gasteiger partial charge in [0.05, 0.1) is 0 Å². The molecule has 2 aromatic heterocycles. The summed E-state index contributed by atoms with van der Waals surface area (Å²) < 4.78 is 0. The van der Waals surface area contributed by atoms with E-state index in [0.717, 1.165) is 98.7 Å². The molecule has 0 N–H and O–H groups in total. The van der Waals surface area contributed by atoms with Crippen molar-refractivity contribution in [3.05, 3.63) is 200 Å². The van der Waals surface area contributed by atoms with Crippen molar-refractivity contribution in [2.45, 2.75) is 51.6 Å². The number of benzene rings is 4. The Morgan fingerprint density at radius 2 is 0.786 bits per heavy atom. The lowest BCUT2D eigenvalue weighted by atomic mass is 9.77. The van der Waals surface area contributed by atoms with Crippen LogP contribution in [0.2, 0.25) is 0 Å². The molecule has 0 saturated carbocycles. The Balaban J connectivity index is 1.20. The highest BCUT2D eigenvalue weighted by Gasteiger charge is 2.34. The summed E-state index contributed by atoms with van der Waals surface area (Å²) in [5.74, 6) is 0.864. The highest BCUT2D eigenvalue weighted by molar-refractivity contribution is 7.12. The predicted molar refractivity (Wildman–Crippen MR) is 237 cm³/mol. The summed E-state index contributed by atoms with van der Waals surface area (Å²) in [4.78, 5) is 23.5. The smallest absolute Gasteiger partial charge is 0.195 e. The molecule has 2 aliphatic heterocycles. The summed E-state index contributed by atoms with van der Waals surface area (Å²) in [5.41, 5.74) is 9.79. The van der Waals surface area contributed by atoms with Crippen molar-refractivity contribution >= 4 is 39.6 Å². The van der Waals surface area contributed by atoms with Gasteiger partial charge in [-0.3, -0.25) is 14.6 Å². The van der Waals surface area contributed by atoms with Gasteiger partial charge < -0.3 is 0 Å². The molecule has 4 heterocycles. The van der Waals surface area contributed by atoms with Crippen LogP contribution in [0, 0.1) is 11.8 Å². The van der Waals surface area contributed by atoms with Crippen LogP contribution in [-0.2, 0) is 30.7 Å². The van der Waals surface area contributed by atoms with Gasteiger partial charge in [0.1, 0.15) is 0 Å². The van der Waals surface area contributed by atoms with Gasteiger partial charge in [0, 0.05) is 34.0 Å². The molecule has 2 fully saturated rings. The molecule has 3 nitrogen and oxygen atoms in total. The Morgan fingerprint density at radius 1 is 0.446 bits per heavy atom. The van der Waals surface area contributed by atoms with Crippen LogP contribution in [0.3, 0.4) is 0 Å². The topological polar surface area (TPSA) is 23.6 Å². The van der Waals surface area contributed by atoms with E-state index < -0.39 is 0 Å². The van der Waals surface area contributed by atoms with Gasteiger partial charge in [-0.25, -0.2) is 0 Å². The van der Waals surface area contributed by atoms with Crippen LogP contribution in [0.25, 0.3) is 11.1 Å². The van der Waals surface area contributed by atoms with Crippen molar-refractivity contribution in [3.8, 4) is 0 Å².